The Balaban J connectivity index is 1.49. The lowest BCUT2D eigenvalue weighted by atomic mass is 9.87. The van der Waals surface area contributed by atoms with Crippen LogP contribution in [0.1, 0.15) is 57.4 Å². The smallest absolute Gasteiger partial charge is 0.343 e. The lowest BCUT2D eigenvalue weighted by Gasteiger charge is -2.19. The lowest BCUT2D eigenvalue weighted by Crippen LogP contribution is -2.29. The molecule has 0 N–H and O–H groups in total. The quantitative estimate of drug-likeness (QED) is 0.353. The molecular weight excluding hydrogens is 378 g/mol. The van der Waals surface area contributed by atoms with Gasteiger partial charge < -0.3 is 4.74 Å². The van der Waals surface area contributed by atoms with Gasteiger partial charge in [-0.3, -0.25) is 9.59 Å². The summed E-state index contributed by atoms with van der Waals surface area (Å²) in [5, 5.41) is 0. The van der Waals surface area contributed by atoms with Gasteiger partial charge in [-0.1, -0.05) is 45.0 Å². The van der Waals surface area contributed by atoms with Gasteiger partial charge in [-0.05, 0) is 59.5 Å². The van der Waals surface area contributed by atoms with Gasteiger partial charge in [0, 0.05) is 0 Å². The first-order valence-electron chi connectivity index (χ1n) is 9.66. The Morgan fingerprint density at radius 2 is 1.30 bits per heavy atom. The number of anilines is 1. The summed E-state index contributed by atoms with van der Waals surface area (Å²) in [7, 11) is 0. The van der Waals surface area contributed by atoms with Crippen molar-refractivity contribution in [1.29, 1.82) is 0 Å². The maximum absolute atomic E-state index is 12.6. The second-order valence-electron chi connectivity index (χ2n) is 8.20. The molecule has 3 aromatic carbocycles. The van der Waals surface area contributed by atoms with E-state index < -0.39 is 5.97 Å². The SMILES string of the molecule is CC(C)(C)c1ccc(C(=O)Oc2ccc(N3C(=O)c4ccccc4C3=O)cc2)cc1. The number of carbonyl (C=O) groups is 3. The van der Waals surface area contributed by atoms with Gasteiger partial charge in [0.25, 0.3) is 11.8 Å². The van der Waals surface area contributed by atoms with Gasteiger partial charge >= 0.3 is 5.97 Å². The Labute approximate surface area is 174 Å². The second kappa shape index (κ2) is 7.26. The van der Waals surface area contributed by atoms with E-state index >= 15 is 0 Å². The topological polar surface area (TPSA) is 63.7 Å². The molecule has 0 aromatic heterocycles. The van der Waals surface area contributed by atoms with E-state index in [1.807, 2.05) is 12.1 Å². The van der Waals surface area contributed by atoms with Gasteiger partial charge in [0.2, 0.25) is 0 Å². The summed E-state index contributed by atoms with van der Waals surface area (Å²) >= 11 is 0. The third-order valence-electron chi connectivity index (χ3n) is 5.09. The second-order valence-corrected chi connectivity index (χ2v) is 8.20. The molecule has 0 radical (unpaired) electrons. The van der Waals surface area contributed by atoms with Crippen molar-refractivity contribution >= 4 is 23.5 Å². The highest BCUT2D eigenvalue weighted by molar-refractivity contribution is 6.34. The normalized spacial score (nSPS) is 13.4. The molecule has 150 valence electrons. The molecule has 1 heterocycles. The standard InChI is InChI=1S/C25H21NO4/c1-25(2,3)17-10-8-16(9-11-17)24(29)30-19-14-12-18(13-15-19)26-22(27)20-6-4-5-7-21(20)23(26)28/h4-15H,1-3H3. The van der Waals surface area contributed by atoms with Gasteiger partial charge in [0.15, 0.2) is 0 Å². The van der Waals surface area contributed by atoms with Crippen LogP contribution in [0, 0.1) is 0 Å². The third kappa shape index (κ3) is 3.50. The Hall–Kier alpha value is -3.73. The summed E-state index contributed by atoms with van der Waals surface area (Å²) in [6.07, 6.45) is 0. The van der Waals surface area contributed by atoms with Crippen LogP contribution in [-0.2, 0) is 5.41 Å². The maximum atomic E-state index is 12.6. The van der Waals surface area contributed by atoms with Crippen LogP contribution in [0.15, 0.2) is 72.8 Å². The first-order valence-corrected chi connectivity index (χ1v) is 9.66. The largest absolute Gasteiger partial charge is 0.423 e. The number of benzene rings is 3. The van der Waals surface area contributed by atoms with Crippen molar-refractivity contribution in [1.82, 2.24) is 0 Å². The zero-order chi connectivity index (χ0) is 21.5. The molecule has 0 spiro atoms. The van der Waals surface area contributed by atoms with Crippen molar-refractivity contribution in [3.63, 3.8) is 0 Å². The van der Waals surface area contributed by atoms with E-state index in [9.17, 15) is 14.4 Å². The van der Waals surface area contributed by atoms with E-state index in [0.717, 1.165) is 10.5 Å². The maximum Gasteiger partial charge on any atom is 0.343 e. The fourth-order valence-electron chi connectivity index (χ4n) is 3.36. The molecule has 0 saturated carbocycles. The number of esters is 1. The number of hydrogen-bond donors (Lipinski definition) is 0. The highest BCUT2D eigenvalue weighted by atomic mass is 16.5. The van der Waals surface area contributed by atoms with Crippen molar-refractivity contribution in [3.05, 3.63) is 95.1 Å². The van der Waals surface area contributed by atoms with Crippen molar-refractivity contribution in [3.8, 4) is 5.75 Å². The molecule has 0 unspecified atom stereocenters. The van der Waals surface area contributed by atoms with E-state index in [1.165, 1.54) is 0 Å². The summed E-state index contributed by atoms with van der Waals surface area (Å²) in [6.45, 7) is 6.32. The average molecular weight is 399 g/mol. The summed E-state index contributed by atoms with van der Waals surface area (Å²) in [6, 6.07) is 20.4. The van der Waals surface area contributed by atoms with E-state index in [4.69, 9.17) is 4.74 Å². The van der Waals surface area contributed by atoms with E-state index in [1.54, 1.807) is 60.7 Å². The summed E-state index contributed by atoms with van der Waals surface area (Å²) in [5.41, 5.74) is 2.78. The number of imide groups is 1. The van der Waals surface area contributed by atoms with Gasteiger partial charge in [-0.25, -0.2) is 9.69 Å². The molecule has 5 heteroatoms. The fourth-order valence-corrected chi connectivity index (χ4v) is 3.36. The van der Waals surface area contributed by atoms with Gasteiger partial charge in [-0.15, -0.1) is 0 Å². The number of carbonyl (C=O) groups excluding carboxylic acids is 3. The summed E-state index contributed by atoms with van der Waals surface area (Å²) in [5.74, 6) is -0.859. The van der Waals surface area contributed by atoms with Crippen molar-refractivity contribution < 1.29 is 19.1 Å². The number of amides is 2. The molecule has 0 aliphatic carbocycles. The third-order valence-corrected chi connectivity index (χ3v) is 5.09. The van der Waals surface area contributed by atoms with Crippen LogP contribution >= 0.6 is 0 Å². The van der Waals surface area contributed by atoms with E-state index in [2.05, 4.69) is 20.8 Å². The van der Waals surface area contributed by atoms with Crippen LogP contribution < -0.4 is 9.64 Å². The first kappa shape index (κ1) is 19.6. The monoisotopic (exact) mass is 399 g/mol. The molecule has 0 atom stereocenters. The van der Waals surface area contributed by atoms with Crippen LogP contribution in [0.25, 0.3) is 0 Å². The predicted molar refractivity (Wildman–Crippen MR) is 114 cm³/mol. The molecule has 4 rings (SSSR count). The van der Waals surface area contributed by atoms with Crippen molar-refractivity contribution in [2.75, 3.05) is 4.90 Å². The van der Waals surface area contributed by atoms with E-state index in [-0.39, 0.29) is 17.2 Å². The van der Waals surface area contributed by atoms with Crippen molar-refractivity contribution in [2.24, 2.45) is 0 Å². The summed E-state index contributed by atoms with van der Waals surface area (Å²) in [4.78, 5) is 38.7. The van der Waals surface area contributed by atoms with Crippen LogP contribution in [0.4, 0.5) is 5.69 Å². The lowest BCUT2D eigenvalue weighted by molar-refractivity contribution is 0.0733. The highest BCUT2D eigenvalue weighted by Gasteiger charge is 2.36. The Morgan fingerprint density at radius 3 is 1.80 bits per heavy atom. The number of rotatable bonds is 3. The molecule has 3 aromatic rings. The van der Waals surface area contributed by atoms with Crippen LogP contribution in [0.2, 0.25) is 0 Å². The Bertz CT molecular complexity index is 1100. The predicted octanol–water partition coefficient (Wildman–Crippen LogP) is 5.00. The molecule has 1 aliphatic heterocycles. The van der Waals surface area contributed by atoms with Gasteiger partial charge in [-0.2, -0.15) is 0 Å². The van der Waals surface area contributed by atoms with E-state index in [0.29, 0.717) is 28.1 Å². The molecule has 2 amide bonds. The van der Waals surface area contributed by atoms with Crippen LogP contribution in [0.5, 0.6) is 5.75 Å². The minimum absolute atomic E-state index is 0.00235. The van der Waals surface area contributed by atoms with Crippen LogP contribution in [-0.4, -0.2) is 17.8 Å². The zero-order valence-electron chi connectivity index (χ0n) is 17.0. The molecule has 1 aliphatic rings. The number of nitrogens with zero attached hydrogens (tertiary/aromatic N) is 1. The number of fused-ring (bicyclic) bond motifs is 1. The minimum atomic E-state index is -0.469. The van der Waals surface area contributed by atoms with Gasteiger partial charge in [0.05, 0.1) is 22.4 Å². The Kier molecular flexibility index (Phi) is 4.74. The number of hydrogen-bond acceptors (Lipinski definition) is 4. The van der Waals surface area contributed by atoms with Crippen LogP contribution in [0.3, 0.4) is 0 Å². The molecule has 0 saturated heterocycles. The number of ether oxygens (including phenoxy) is 1. The zero-order valence-corrected chi connectivity index (χ0v) is 17.0. The van der Waals surface area contributed by atoms with Crippen molar-refractivity contribution in [2.45, 2.75) is 26.2 Å². The molecular formula is C25H21NO4. The molecule has 0 fully saturated rings. The first-order chi connectivity index (χ1) is 14.3. The summed E-state index contributed by atoms with van der Waals surface area (Å²) < 4.78 is 5.43. The Morgan fingerprint density at radius 1 is 0.767 bits per heavy atom. The molecule has 30 heavy (non-hydrogen) atoms. The van der Waals surface area contributed by atoms with Gasteiger partial charge in [0.1, 0.15) is 5.75 Å². The molecule has 5 nitrogen and oxygen atoms in total. The highest BCUT2D eigenvalue weighted by Crippen LogP contribution is 2.29. The minimum Gasteiger partial charge on any atom is -0.423 e. The average Bonchev–Trinajstić information content (AvgIpc) is 2.99. The fraction of sp³-hybridized carbons (Fsp3) is 0.160. The molecule has 0 bridgehead atoms.